The van der Waals surface area contributed by atoms with Crippen LogP contribution in [0, 0.1) is 6.08 Å². The van der Waals surface area contributed by atoms with Crippen molar-refractivity contribution >= 4 is 8.07 Å². The zero-order chi connectivity index (χ0) is 10.2. The fourth-order valence-electron chi connectivity index (χ4n) is 2.05. The molecule has 2 heteroatoms. The zero-order valence-corrected chi connectivity index (χ0v) is 13.2. The van der Waals surface area contributed by atoms with Gasteiger partial charge in [-0.25, -0.2) is 0 Å². The van der Waals surface area contributed by atoms with Crippen molar-refractivity contribution in [3.63, 3.8) is 0 Å². The molecule has 0 saturated carbocycles. The first-order valence-corrected chi connectivity index (χ1v) is 8.77. The Labute approximate surface area is 113 Å². The first-order chi connectivity index (χ1) is 6.59. The Morgan fingerprint density at radius 1 is 1.27 bits per heavy atom. The van der Waals surface area contributed by atoms with E-state index in [1.165, 1.54) is 11.1 Å². The zero-order valence-electron chi connectivity index (χ0n) is 9.72. The second kappa shape index (κ2) is 4.93. The average molecular weight is 293 g/mol. The molecule has 0 atom stereocenters. The fourth-order valence-corrected chi connectivity index (χ4v) is 3.77. The summed E-state index contributed by atoms with van der Waals surface area (Å²) in [7, 11) is -1.16. The van der Waals surface area contributed by atoms with Crippen molar-refractivity contribution in [3.05, 3.63) is 46.7 Å². The van der Waals surface area contributed by atoms with Crippen LogP contribution in [0.4, 0.5) is 0 Å². The quantitative estimate of drug-likeness (QED) is 0.536. The summed E-state index contributed by atoms with van der Waals surface area (Å²) in [5, 5.41) is 1.60. The van der Waals surface area contributed by atoms with Crippen LogP contribution in [-0.4, -0.2) is 8.07 Å². The Bertz CT molecular complexity index is 364. The van der Waals surface area contributed by atoms with Crippen molar-refractivity contribution in [2.75, 3.05) is 0 Å². The van der Waals surface area contributed by atoms with E-state index >= 15 is 0 Å². The third kappa shape index (κ3) is 2.79. The van der Waals surface area contributed by atoms with Crippen LogP contribution in [0.5, 0.6) is 0 Å². The van der Waals surface area contributed by atoms with Crippen molar-refractivity contribution in [1.29, 1.82) is 0 Å². The Morgan fingerprint density at radius 2 is 2.00 bits per heavy atom. The summed E-state index contributed by atoms with van der Waals surface area (Å²) in [6.45, 7) is 7.23. The molecule has 0 aromatic carbocycles. The largest absolute Gasteiger partial charge is 0.198 e. The maximum Gasteiger partial charge on any atom is 0.0150 e. The summed E-state index contributed by atoms with van der Waals surface area (Å²) >= 11 is 0. The van der Waals surface area contributed by atoms with Gasteiger partial charge >= 0.3 is 0 Å². The van der Waals surface area contributed by atoms with E-state index in [-0.39, 0.29) is 26.2 Å². The predicted molar refractivity (Wildman–Crippen MR) is 64.6 cm³/mol. The van der Waals surface area contributed by atoms with Crippen molar-refractivity contribution in [2.24, 2.45) is 0 Å². The summed E-state index contributed by atoms with van der Waals surface area (Å²) in [5.41, 5.74) is 2.89. The summed E-state index contributed by atoms with van der Waals surface area (Å²) in [4.78, 5) is 0. The Hall–Kier alpha value is 0.0600. The van der Waals surface area contributed by atoms with Gasteiger partial charge in [-0.05, 0) is 0 Å². The second-order valence-electron chi connectivity index (χ2n) is 4.95. The minimum atomic E-state index is -1.16. The first kappa shape index (κ1) is 13.1. The molecule has 0 spiro atoms. The first-order valence-electron chi connectivity index (χ1n) is 5.27. The molecule has 0 saturated heterocycles. The van der Waals surface area contributed by atoms with Gasteiger partial charge in [0.15, 0.2) is 0 Å². The normalized spacial score (nSPS) is 19.5. The van der Waals surface area contributed by atoms with E-state index in [4.69, 9.17) is 0 Å². The third-order valence-electron chi connectivity index (χ3n) is 2.75. The molecule has 0 aromatic heterocycles. The molecule has 0 N–H and O–H groups in total. The molecule has 2 aliphatic rings. The van der Waals surface area contributed by atoms with Crippen LogP contribution >= 0.6 is 0 Å². The van der Waals surface area contributed by atoms with Gasteiger partial charge in [0.1, 0.15) is 0 Å². The van der Waals surface area contributed by atoms with Crippen molar-refractivity contribution < 1.29 is 26.2 Å². The van der Waals surface area contributed by atoms with E-state index in [0.717, 1.165) is 12.8 Å². The number of allylic oxidation sites excluding steroid dienone is 8. The van der Waals surface area contributed by atoms with Crippen LogP contribution in [0.3, 0.4) is 0 Å². The van der Waals surface area contributed by atoms with E-state index in [1.54, 1.807) is 5.20 Å². The summed E-state index contributed by atoms with van der Waals surface area (Å²) in [6.07, 6.45) is 14.6. The smallest absolute Gasteiger partial charge is 0.0150 e. The molecule has 0 bridgehead atoms. The molecular weight excluding hydrogens is 275 g/mol. The average Bonchev–Trinajstić information content (AvgIpc) is 2.73. The van der Waals surface area contributed by atoms with Crippen molar-refractivity contribution in [1.82, 2.24) is 0 Å². The molecule has 2 rings (SSSR count). The molecule has 0 radical (unpaired) electrons. The standard InChI is InChI=1S/C13H17Si.Zr/c1-14(2,3)13-10-6-9-12(13)11-7-4-5-8-11;/h4-5,7,10H,6,8H2,1-3H3;/q-1;. The van der Waals surface area contributed by atoms with E-state index < -0.39 is 8.07 Å². The molecule has 0 fully saturated rings. The minimum absolute atomic E-state index is 0. The Balaban J connectivity index is 0.00000112. The maximum absolute atomic E-state index is 3.51. The summed E-state index contributed by atoms with van der Waals surface area (Å²) < 4.78 is 0. The number of rotatable bonds is 2. The third-order valence-corrected chi connectivity index (χ3v) is 4.82. The Morgan fingerprint density at radius 3 is 2.53 bits per heavy atom. The molecule has 15 heavy (non-hydrogen) atoms. The monoisotopic (exact) mass is 291 g/mol. The SMILES string of the molecule is C[Si](C)(C)C1=CC[C-]=C1C1=CC=CC1.[Zr]. The van der Waals surface area contributed by atoms with Gasteiger partial charge in [0.2, 0.25) is 0 Å². The van der Waals surface area contributed by atoms with Gasteiger partial charge in [-0.1, -0.05) is 44.6 Å². The number of hydrogen-bond donors (Lipinski definition) is 0. The second-order valence-corrected chi connectivity index (χ2v) is 9.99. The van der Waals surface area contributed by atoms with Gasteiger partial charge in [-0.2, -0.15) is 16.8 Å². The molecule has 78 valence electrons. The van der Waals surface area contributed by atoms with E-state index in [0.29, 0.717) is 0 Å². The fraction of sp³-hybridized carbons (Fsp3) is 0.385. The van der Waals surface area contributed by atoms with Crippen molar-refractivity contribution in [3.8, 4) is 0 Å². The molecule has 0 aliphatic heterocycles. The van der Waals surface area contributed by atoms with Crippen LogP contribution < -0.4 is 0 Å². The molecule has 0 amide bonds. The van der Waals surface area contributed by atoms with Crippen LogP contribution in [0.15, 0.2) is 40.6 Å². The van der Waals surface area contributed by atoms with Gasteiger partial charge in [0.25, 0.3) is 0 Å². The summed E-state index contributed by atoms with van der Waals surface area (Å²) in [5.74, 6) is 0. The van der Waals surface area contributed by atoms with Crippen LogP contribution in [0.25, 0.3) is 0 Å². The topological polar surface area (TPSA) is 0 Å². The van der Waals surface area contributed by atoms with Gasteiger partial charge in [-0.15, -0.1) is 17.7 Å². The molecule has 0 nitrogen and oxygen atoms in total. The van der Waals surface area contributed by atoms with Crippen LogP contribution in [0.2, 0.25) is 19.6 Å². The minimum Gasteiger partial charge on any atom is -0.198 e. The van der Waals surface area contributed by atoms with E-state index in [2.05, 4.69) is 50.0 Å². The van der Waals surface area contributed by atoms with E-state index in [9.17, 15) is 0 Å². The maximum atomic E-state index is 3.51. The molecule has 0 unspecified atom stereocenters. The molecular formula is C13H17SiZr-. The van der Waals surface area contributed by atoms with Gasteiger partial charge in [-0.3, -0.25) is 0 Å². The molecule has 2 aliphatic carbocycles. The van der Waals surface area contributed by atoms with Gasteiger partial charge in [0.05, 0.1) is 0 Å². The van der Waals surface area contributed by atoms with Crippen LogP contribution in [0.1, 0.15) is 12.8 Å². The molecule has 0 heterocycles. The van der Waals surface area contributed by atoms with Crippen LogP contribution in [-0.2, 0) is 26.2 Å². The van der Waals surface area contributed by atoms with E-state index in [1.807, 2.05) is 0 Å². The summed E-state index contributed by atoms with van der Waals surface area (Å²) in [6, 6.07) is 0. The Kier molecular flexibility index (Phi) is 4.31. The molecule has 0 aromatic rings. The predicted octanol–water partition coefficient (Wildman–Crippen LogP) is 3.81. The number of hydrogen-bond acceptors (Lipinski definition) is 0. The van der Waals surface area contributed by atoms with Gasteiger partial charge in [0, 0.05) is 34.3 Å². The van der Waals surface area contributed by atoms with Crippen molar-refractivity contribution in [2.45, 2.75) is 32.5 Å². The van der Waals surface area contributed by atoms with Gasteiger partial charge < -0.3 is 0 Å².